The van der Waals surface area contributed by atoms with Crippen LogP contribution in [0.1, 0.15) is 58.3 Å². The zero-order chi connectivity index (χ0) is 12.8. The molecule has 0 aromatic rings. The van der Waals surface area contributed by atoms with Gasteiger partial charge in [-0.15, -0.1) is 19.4 Å². The van der Waals surface area contributed by atoms with Gasteiger partial charge < -0.3 is 5.73 Å². The van der Waals surface area contributed by atoms with Gasteiger partial charge in [0.2, 0.25) is 0 Å². The van der Waals surface area contributed by atoms with Gasteiger partial charge in [0.05, 0.1) is 0 Å². The fourth-order valence-corrected chi connectivity index (χ4v) is 1.49. The van der Waals surface area contributed by atoms with Crippen molar-refractivity contribution < 1.29 is 0 Å². The summed E-state index contributed by atoms with van der Waals surface area (Å²) in [5.74, 6) is 0. The van der Waals surface area contributed by atoms with E-state index in [4.69, 9.17) is 5.73 Å². The maximum atomic E-state index is 5.48. The van der Waals surface area contributed by atoms with E-state index < -0.39 is 0 Å². The number of hydrogen-bond acceptors (Lipinski definition) is 1. The lowest BCUT2D eigenvalue weighted by molar-refractivity contribution is 0.592. The van der Waals surface area contributed by atoms with Crippen molar-refractivity contribution >= 4 is 0 Å². The maximum Gasteiger partial charge on any atom is 0.000744 e. The Kier molecular flexibility index (Phi) is 14.9. The van der Waals surface area contributed by atoms with Gasteiger partial charge in [-0.3, -0.25) is 0 Å². The molecule has 0 unspecified atom stereocenters. The monoisotopic (exact) mass is 221 g/mol. The van der Waals surface area contributed by atoms with Crippen LogP contribution < -0.4 is 5.73 Å². The number of rotatable bonds is 9. The Labute approximate surface area is 102 Å². The van der Waals surface area contributed by atoms with Gasteiger partial charge in [-0.05, 0) is 32.6 Å². The minimum atomic E-state index is 0.826. The van der Waals surface area contributed by atoms with Crippen molar-refractivity contribution in [3.63, 3.8) is 0 Å². The first-order chi connectivity index (χ1) is 7.63. The van der Waals surface area contributed by atoms with Gasteiger partial charge in [0, 0.05) is 5.70 Å². The zero-order valence-corrected chi connectivity index (χ0v) is 10.8. The molecular formula is C15H27N. The van der Waals surface area contributed by atoms with Crippen LogP contribution in [0.3, 0.4) is 0 Å². The van der Waals surface area contributed by atoms with Crippen LogP contribution in [-0.2, 0) is 0 Å². The Morgan fingerprint density at radius 2 is 1.25 bits per heavy atom. The molecule has 0 heterocycles. The summed E-state index contributed by atoms with van der Waals surface area (Å²) in [4.78, 5) is 0. The third-order valence-corrected chi connectivity index (χ3v) is 2.35. The minimum absolute atomic E-state index is 0.826. The highest BCUT2D eigenvalue weighted by molar-refractivity contribution is 4.87. The van der Waals surface area contributed by atoms with Crippen molar-refractivity contribution in [2.24, 2.45) is 5.73 Å². The molecular weight excluding hydrogens is 194 g/mol. The number of nitrogens with two attached hydrogens (primary N) is 1. The summed E-state index contributed by atoms with van der Waals surface area (Å²) in [6.07, 6.45) is 18.0. The molecule has 0 atom stereocenters. The second-order valence-electron chi connectivity index (χ2n) is 4.24. The molecule has 0 aromatic carbocycles. The molecule has 0 bridgehead atoms. The van der Waals surface area contributed by atoms with Crippen LogP contribution >= 0.6 is 0 Å². The molecule has 0 aliphatic carbocycles. The smallest absolute Gasteiger partial charge is 0.000744 e. The summed E-state index contributed by atoms with van der Waals surface area (Å²) >= 11 is 0. The highest BCUT2D eigenvalue weighted by Gasteiger charge is 1.92. The van der Waals surface area contributed by atoms with Crippen molar-refractivity contribution in [1.82, 2.24) is 0 Å². The molecule has 2 N–H and O–H groups in total. The first-order valence-electron chi connectivity index (χ1n) is 6.04. The predicted octanol–water partition coefficient (Wildman–Crippen LogP) is 4.41. The molecule has 1 heteroatoms. The summed E-state index contributed by atoms with van der Waals surface area (Å²) in [6.45, 7) is 9.69. The van der Waals surface area contributed by atoms with Crippen LogP contribution in [-0.4, -0.2) is 0 Å². The molecule has 0 radical (unpaired) electrons. The zero-order valence-electron chi connectivity index (χ0n) is 10.8. The first-order valence-corrected chi connectivity index (χ1v) is 6.04. The lowest BCUT2D eigenvalue weighted by Crippen LogP contribution is -1.93. The number of unbranched alkanes of at least 4 members (excludes halogenated alkanes) is 5. The van der Waals surface area contributed by atoms with Gasteiger partial charge in [-0.1, -0.05) is 37.8 Å². The van der Waals surface area contributed by atoms with Gasteiger partial charge in [0.1, 0.15) is 0 Å². The maximum absolute atomic E-state index is 5.48. The van der Waals surface area contributed by atoms with E-state index in [1.807, 2.05) is 0 Å². The van der Waals surface area contributed by atoms with Crippen LogP contribution in [0.15, 0.2) is 24.4 Å². The van der Waals surface area contributed by atoms with Crippen LogP contribution in [0.2, 0.25) is 0 Å². The van der Waals surface area contributed by atoms with E-state index in [1.165, 1.54) is 50.5 Å². The van der Waals surface area contributed by atoms with Crippen molar-refractivity contribution in [2.45, 2.75) is 58.3 Å². The number of allylic oxidation sites excluding steroid dienone is 2. The number of terminal acetylenes is 1. The van der Waals surface area contributed by atoms with Crippen LogP contribution in [0.5, 0.6) is 0 Å². The molecule has 16 heavy (non-hydrogen) atoms. The molecule has 0 saturated heterocycles. The number of hydrogen-bond donors (Lipinski definition) is 1. The van der Waals surface area contributed by atoms with E-state index >= 15 is 0 Å². The molecule has 0 aliphatic heterocycles. The molecule has 0 aromatic heterocycles. The average molecular weight is 221 g/mol. The van der Waals surface area contributed by atoms with E-state index in [1.54, 1.807) is 0 Å². The SMILES string of the molecule is C#C.C=C(C)CCCCCCCCC(=C)N. The van der Waals surface area contributed by atoms with Crippen LogP contribution in [0.25, 0.3) is 0 Å². The largest absolute Gasteiger partial charge is 0.403 e. The fourth-order valence-electron chi connectivity index (χ4n) is 1.49. The normalized spacial score (nSPS) is 8.94. The van der Waals surface area contributed by atoms with Gasteiger partial charge in [0.15, 0.2) is 0 Å². The fraction of sp³-hybridized carbons (Fsp3) is 0.600. The Morgan fingerprint density at radius 3 is 1.62 bits per heavy atom. The summed E-state index contributed by atoms with van der Waals surface area (Å²) in [5.41, 5.74) is 7.62. The highest BCUT2D eigenvalue weighted by Crippen LogP contribution is 2.11. The first kappa shape index (κ1) is 17.2. The molecule has 0 amide bonds. The third-order valence-electron chi connectivity index (χ3n) is 2.35. The Morgan fingerprint density at radius 1 is 0.875 bits per heavy atom. The van der Waals surface area contributed by atoms with Crippen molar-refractivity contribution in [1.29, 1.82) is 0 Å². The van der Waals surface area contributed by atoms with Gasteiger partial charge >= 0.3 is 0 Å². The minimum Gasteiger partial charge on any atom is -0.403 e. The second kappa shape index (κ2) is 13.8. The van der Waals surface area contributed by atoms with Crippen LogP contribution in [0, 0.1) is 12.8 Å². The van der Waals surface area contributed by atoms with Crippen LogP contribution in [0.4, 0.5) is 0 Å². The molecule has 0 aliphatic rings. The van der Waals surface area contributed by atoms with E-state index in [-0.39, 0.29) is 0 Å². The molecule has 0 fully saturated rings. The van der Waals surface area contributed by atoms with Crippen molar-refractivity contribution in [3.05, 3.63) is 24.4 Å². The second-order valence-corrected chi connectivity index (χ2v) is 4.24. The molecule has 92 valence electrons. The Balaban J connectivity index is 0. The van der Waals surface area contributed by atoms with Gasteiger partial charge in [-0.2, -0.15) is 0 Å². The quantitative estimate of drug-likeness (QED) is 0.348. The molecule has 0 rings (SSSR count). The summed E-state index contributed by atoms with van der Waals surface area (Å²) in [5, 5.41) is 0. The average Bonchev–Trinajstić information content (AvgIpc) is 2.24. The standard InChI is InChI=1S/C13H25N.C2H2/c1-12(2)10-8-6-4-5-7-9-11-13(3)14;1-2/h1,3-11,14H2,2H3;1-2H. The Bertz CT molecular complexity index is 181. The van der Waals surface area contributed by atoms with E-state index in [0.29, 0.717) is 0 Å². The van der Waals surface area contributed by atoms with Gasteiger partial charge in [0.25, 0.3) is 0 Å². The summed E-state index contributed by atoms with van der Waals surface area (Å²) in [6, 6.07) is 0. The van der Waals surface area contributed by atoms with E-state index in [2.05, 4.69) is 32.9 Å². The van der Waals surface area contributed by atoms with Gasteiger partial charge in [-0.25, -0.2) is 0 Å². The van der Waals surface area contributed by atoms with E-state index in [9.17, 15) is 0 Å². The molecule has 0 spiro atoms. The summed E-state index contributed by atoms with van der Waals surface area (Å²) in [7, 11) is 0. The Hall–Kier alpha value is -1.16. The summed E-state index contributed by atoms with van der Waals surface area (Å²) < 4.78 is 0. The molecule has 1 nitrogen and oxygen atoms in total. The highest BCUT2D eigenvalue weighted by atomic mass is 14.5. The third kappa shape index (κ3) is 18.6. The predicted molar refractivity (Wildman–Crippen MR) is 75.0 cm³/mol. The van der Waals surface area contributed by atoms with Crippen molar-refractivity contribution in [2.75, 3.05) is 0 Å². The lowest BCUT2D eigenvalue weighted by Gasteiger charge is -2.02. The van der Waals surface area contributed by atoms with Crippen molar-refractivity contribution in [3.8, 4) is 12.8 Å². The molecule has 0 saturated carbocycles. The van der Waals surface area contributed by atoms with E-state index in [0.717, 1.165) is 12.1 Å². The lowest BCUT2D eigenvalue weighted by atomic mass is 10.1. The topological polar surface area (TPSA) is 26.0 Å².